The molecule has 31 heavy (non-hydrogen) atoms. The van der Waals surface area contributed by atoms with Crippen LogP contribution in [-0.2, 0) is 22.4 Å². The number of ether oxygens (including phenoxy) is 1. The minimum Gasteiger partial charge on any atom is -0.380 e. The van der Waals surface area contributed by atoms with Gasteiger partial charge in [0.25, 0.3) is 0 Å². The third-order valence-electron chi connectivity index (χ3n) is 6.19. The van der Waals surface area contributed by atoms with Crippen LogP contribution in [0.5, 0.6) is 0 Å². The van der Waals surface area contributed by atoms with Crippen LogP contribution in [0.4, 0.5) is 10.1 Å². The number of amides is 1. The Kier molecular flexibility index (Phi) is 7.54. The molecule has 2 saturated heterocycles. The van der Waals surface area contributed by atoms with E-state index in [1.807, 2.05) is 18.2 Å². The molecule has 6 heteroatoms. The van der Waals surface area contributed by atoms with Gasteiger partial charge in [-0.1, -0.05) is 24.3 Å². The molecule has 0 unspecified atom stereocenters. The van der Waals surface area contributed by atoms with Gasteiger partial charge in [0.2, 0.25) is 5.91 Å². The quantitative estimate of drug-likeness (QED) is 0.683. The van der Waals surface area contributed by atoms with E-state index in [0.29, 0.717) is 31.5 Å². The number of benzene rings is 2. The summed E-state index contributed by atoms with van der Waals surface area (Å²) in [5, 5.41) is 6.66. The molecular weight excluding hydrogens is 393 g/mol. The first-order valence-electron chi connectivity index (χ1n) is 11.3. The van der Waals surface area contributed by atoms with Gasteiger partial charge >= 0.3 is 0 Å². The summed E-state index contributed by atoms with van der Waals surface area (Å²) in [6, 6.07) is 15.9. The fourth-order valence-electron chi connectivity index (χ4n) is 4.41. The minimum atomic E-state index is -0.243. The second-order valence-corrected chi connectivity index (χ2v) is 8.56. The van der Waals surface area contributed by atoms with Gasteiger partial charge in [-0.25, -0.2) is 4.39 Å². The van der Waals surface area contributed by atoms with Crippen LogP contribution >= 0.6 is 0 Å². The predicted molar refractivity (Wildman–Crippen MR) is 121 cm³/mol. The summed E-state index contributed by atoms with van der Waals surface area (Å²) in [6.07, 6.45) is 4.40. The maximum Gasteiger partial charge on any atom is 0.224 e. The van der Waals surface area contributed by atoms with Gasteiger partial charge in [0, 0.05) is 44.0 Å². The van der Waals surface area contributed by atoms with Gasteiger partial charge in [0.15, 0.2) is 0 Å². The number of nitrogens with one attached hydrogen (secondary N) is 2. The molecule has 5 nitrogen and oxygen atoms in total. The Morgan fingerprint density at radius 3 is 2.55 bits per heavy atom. The number of halogens is 1. The molecule has 0 bridgehead atoms. The fourth-order valence-corrected chi connectivity index (χ4v) is 4.41. The van der Waals surface area contributed by atoms with Crippen molar-refractivity contribution in [1.82, 2.24) is 10.6 Å². The lowest BCUT2D eigenvalue weighted by atomic mass is 10.0. The Hall–Kier alpha value is -2.44. The summed E-state index contributed by atoms with van der Waals surface area (Å²) in [6.45, 7) is 4.33. The highest BCUT2D eigenvalue weighted by molar-refractivity contribution is 5.78. The molecule has 2 aromatic rings. The first kappa shape index (κ1) is 21.8. The first-order valence-corrected chi connectivity index (χ1v) is 11.3. The highest BCUT2D eigenvalue weighted by atomic mass is 19.1. The highest BCUT2D eigenvalue weighted by Crippen LogP contribution is 2.21. The van der Waals surface area contributed by atoms with Crippen molar-refractivity contribution in [2.45, 2.75) is 44.2 Å². The van der Waals surface area contributed by atoms with E-state index in [-0.39, 0.29) is 11.7 Å². The van der Waals surface area contributed by atoms with Crippen molar-refractivity contribution in [3.8, 4) is 0 Å². The summed E-state index contributed by atoms with van der Waals surface area (Å²) >= 11 is 0. The number of piperidine rings is 1. The Morgan fingerprint density at radius 2 is 1.84 bits per heavy atom. The van der Waals surface area contributed by atoms with Crippen molar-refractivity contribution in [3.05, 3.63) is 65.5 Å². The Balaban J connectivity index is 1.18. The number of hydrogen-bond acceptors (Lipinski definition) is 4. The third-order valence-corrected chi connectivity index (χ3v) is 6.19. The van der Waals surface area contributed by atoms with Crippen molar-refractivity contribution in [2.75, 3.05) is 37.7 Å². The van der Waals surface area contributed by atoms with E-state index in [4.69, 9.17) is 4.74 Å². The molecule has 2 aliphatic rings. The first-order chi connectivity index (χ1) is 15.2. The van der Waals surface area contributed by atoms with Gasteiger partial charge in [-0.15, -0.1) is 0 Å². The van der Waals surface area contributed by atoms with Crippen LogP contribution in [0.3, 0.4) is 0 Å². The van der Waals surface area contributed by atoms with Crippen molar-refractivity contribution in [3.63, 3.8) is 0 Å². The second-order valence-electron chi connectivity index (χ2n) is 8.56. The number of rotatable bonds is 8. The molecule has 166 valence electrons. The number of carbonyl (C=O) groups excluding carboxylic acids is 1. The average molecular weight is 426 g/mol. The van der Waals surface area contributed by atoms with Crippen LogP contribution in [0.25, 0.3) is 0 Å². The van der Waals surface area contributed by atoms with Crippen molar-refractivity contribution in [1.29, 1.82) is 0 Å². The zero-order valence-corrected chi connectivity index (χ0v) is 18.0. The largest absolute Gasteiger partial charge is 0.380 e. The molecule has 2 aliphatic heterocycles. The van der Waals surface area contributed by atoms with Crippen LogP contribution in [0.15, 0.2) is 48.5 Å². The Labute approximate surface area is 184 Å². The smallest absolute Gasteiger partial charge is 0.224 e. The molecule has 0 radical (unpaired) electrons. The van der Waals surface area contributed by atoms with Crippen molar-refractivity contribution >= 4 is 11.6 Å². The number of carbonyl (C=O) groups is 1. The van der Waals surface area contributed by atoms with Crippen LogP contribution in [-0.4, -0.2) is 50.8 Å². The summed E-state index contributed by atoms with van der Waals surface area (Å²) in [7, 11) is 0. The standard InChI is InChI=1S/C25H32FN3O2/c26-21-3-1-2-19(16-21)8-12-27-25(30)17-20-4-6-24(7-5-20)29-13-9-22(10-14-29)28-23-11-15-31-18-23/h1-7,16,22-23,28H,8-15,17-18H2,(H,27,30)/t23-/m0/s1. The molecule has 0 saturated carbocycles. The van der Waals surface area contributed by atoms with Crippen molar-refractivity contribution in [2.24, 2.45) is 0 Å². The molecule has 0 spiro atoms. The normalized spacial score (nSPS) is 19.5. The zero-order chi connectivity index (χ0) is 21.5. The number of nitrogens with zero attached hydrogens (tertiary/aromatic N) is 1. The minimum absolute atomic E-state index is 0.00747. The summed E-state index contributed by atoms with van der Waals surface area (Å²) in [5.74, 6) is -0.250. The van der Waals surface area contributed by atoms with E-state index in [9.17, 15) is 9.18 Å². The molecule has 1 atom stereocenters. The van der Waals surface area contributed by atoms with Gasteiger partial charge in [0.1, 0.15) is 5.82 Å². The summed E-state index contributed by atoms with van der Waals surface area (Å²) in [4.78, 5) is 14.6. The van der Waals surface area contributed by atoms with E-state index in [1.54, 1.807) is 6.07 Å². The second kappa shape index (κ2) is 10.7. The fraction of sp³-hybridized carbons (Fsp3) is 0.480. The van der Waals surface area contributed by atoms with Gasteiger partial charge in [-0.3, -0.25) is 4.79 Å². The summed E-state index contributed by atoms with van der Waals surface area (Å²) in [5.41, 5.74) is 3.11. The van der Waals surface area contributed by atoms with Gasteiger partial charge in [-0.05, 0) is 61.1 Å². The van der Waals surface area contributed by atoms with Crippen LogP contribution < -0.4 is 15.5 Å². The predicted octanol–water partition coefficient (Wildman–Crippen LogP) is 3.07. The number of hydrogen-bond donors (Lipinski definition) is 2. The van der Waals surface area contributed by atoms with Crippen LogP contribution in [0, 0.1) is 5.82 Å². The molecule has 4 rings (SSSR count). The molecule has 0 aromatic heterocycles. The van der Waals surface area contributed by atoms with E-state index < -0.39 is 0 Å². The van der Waals surface area contributed by atoms with E-state index in [1.165, 1.54) is 17.8 Å². The third kappa shape index (κ3) is 6.52. The lowest BCUT2D eigenvalue weighted by molar-refractivity contribution is -0.120. The highest BCUT2D eigenvalue weighted by Gasteiger charge is 2.24. The molecule has 2 heterocycles. The van der Waals surface area contributed by atoms with Crippen molar-refractivity contribution < 1.29 is 13.9 Å². The lowest BCUT2D eigenvalue weighted by Crippen LogP contribution is -2.46. The molecule has 2 N–H and O–H groups in total. The van der Waals surface area contributed by atoms with Crippen LogP contribution in [0.1, 0.15) is 30.4 Å². The molecule has 2 fully saturated rings. The Bertz CT molecular complexity index is 844. The zero-order valence-electron chi connectivity index (χ0n) is 18.0. The van der Waals surface area contributed by atoms with Gasteiger partial charge < -0.3 is 20.3 Å². The average Bonchev–Trinajstić information content (AvgIpc) is 3.28. The molecule has 1 amide bonds. The van der Waals surface area contributed by atoms with Gasteiger partial charge in [0.05, 0.1) is 13.0 Å². The number of anilines is 1. The SMILES string of the molecule is O=C(Cc1ccc(N2CCC(N[C@H]3CCOC3)CC2)cc1)NCCc1cccc(F)c1. The van der Waals surface area contributed by atoms with E-state index in [0.717, 1.165) is 56.7 Å². The summed E-state index contributed by atoms with van der Waals surface area (Å²) < 4.78 is 18.7. The van der Waals surface area contributed by atoms with E-state index >= 15 is 0 Å². The maximum absolute atomic E-state index is 13.2. The van der Waals surface area contributed by atoms with Gasteiger partial charge in [-0.2, -0.15) is 0 Å². The lowest BCUT2D eigenvalue weighted by Gasteiger charge is -2.35. The Morgan fingerprint density at radius 1 is 1.03 bits per heavy atom. The maximum atomic E-state index is 13.2. The van der Waals surface area contributed by atoms with Crippen LogP contribution in [0.2, 0.25) is 0 Å². The monoisotopic (exact) mass is 425 g/mol. The molecule has 2 aromatic carbocycles. The molecule has 0 aliphatic carbocycles. The van der Waals surface area contributed by atoms with E-state index in [2.05, 4.69) is 27.7 Å². The topological polar surface area (TPSA) is 53.6 Å². The molecular formula is C25H32FN3O2.